The van der Waals surface area contributed by atoms with Crippen molar-refractivity contribution >= 4 is 17.6 Å². The number of methoxy groups -OCH3 is 2. The number of amides is 1. The molecule has 1 heterocycles. The van der Waals surface area contributed by atoms with Gasteiger partial charge in [0.2, 0.25) is 0 Å². The highest BCUT2D eigenvalue weighted by Gasteiger charge is 2.25. The number of rotatable bonds is 6. The minimum absolute atomic E-state index is 0.0690. The molecule has 29 heavy (non-hydrogen) atoms. The number of nitrogens with zero attached hydrogens (tertiary/aromatic N) is 2. The van der Waals surface area contributed by atoms with E-state index in [4.69, 9.17) is 14.2 Å². The summed E-state index contributed by atoms with van der Waals surface area (Å²) in [5.74, 6) is 0.759. The molecule has 1 amide bonds. The number of carbonyl (C=O) groups is 2. The summed E-state index contributed by atoms with van der Waals surface area (Å²) >= 11 is 0. The van der Waals surface area contributed by atoms with E-state index in [1.807, 2.05) is 18.2 Å². The van der Waals surface area contributed by atoms with E-state index in [1.165, 1.54) is 0 Å². The van der Waals surface area contributed by atoms with Crippen LogP contribution < -0.4 is 14.4 Å². The number of esters is 1. The van der Waals surface area contributed by atoms with Crippen LogP contribution in [0.25, 0.3) is 0 Å². The molecule has 2 aromatic rings. The Hall–Kier alpha value is -3.22. The van der Waals surface area contributed by atoms with E-state index in [-0.39, 0.29) is 11.9 Å². The number of carbonyl (C=O) groups excluding carboxylic acids is 2. The lowest BCUT2D eigenvalue weighted by atomic mass is 10.1. The fourth-order valence-electron chi connectivity index (χ4n) is 3.39. The molecular formula is C22H26N2O5. The Labute approximate surface area is 170 Å². The molecule has 7 heteroatoms. The van der Waals surface area contributed by atoms with Crippen molar-refractivity contribution in [1.29, 1.82) is 0 Å². The quantitative estimate of drug-likeness (QED) is 0.697. The van der Waals surface area contributed by atoms with Gasteiger partial charge in [-0.2, -0.15) is 0 Å². The molecule has 0 radical (unpaired) electrons. The minimum Gasteiger partial charge on any atom is -0.497 e. The smallest absolute Gasteiger partial charge is 0.340 e. The number of ether oxygens (including phenoxy) is 3. The normalized spacial score (nSPS) is 13.8. The number of benzene rings is 2. The summed E-state index contributed by atoms with van der Waals surface area (Å²) in [5.41, 5.74) is 1.91. The highest BCUT2D eigenvalue weighted by Crippen LogP contribution is 2.26. The largest absolute Gasteiger partial charge is 0.497 e. The van der Waals surface area contributed by atoms with E-state index in [0.717, 1.165) is 5.69 Å². The third-order valence-electron chi connectivity index (χ3n) is 4.91. The summed E-state index contributed by atoms with van der Waals surface area (Å²) in [7, 11) is 3.12. The second-order valence-corrected chi connectivity index (χ2v) is 6.62. The molecule has 0 N–H and O–H groups in total. The fraction of sp³-hybridized carbons (Fsp3) is 0.364. The van der Waals surface area contributed by atoms with Crippen molar-refractivity contribution in [2.45, 2.75) is 6.92 Å². The Morgan fingerprint density at radius 2 is 1.55 bits per heavy atom. The molecule has 0 bridgehead atoms. The van der Waals surface area contributed by atoms with Crippen molar-refractivity contribution in [2.75, 3.05) is 51.9 Å². The number of piperazine rings is 1. The van der Waals surface area contributed by atoms with Gasteiger partial charge in [0.15, 0.2) is 0 Å². The van der Waals surface area contributed by atoms with Gasteiger partial charge in [-0.15, -0.1) is 0 Å². The Balaban J connectivity index is 1.72. The molecule has 1 saturated heterocycles. The van der Waals surface area contributed by atoms with Gasteiger partial charge in [0, 0.05) is 37.8 Å². The van der Waals surface area contributed by atoms with E-state index in [1.54, 1.807) is 50.3 Å². The maximum Gasteiger partial charge on any atom is 0.340 e. The van der Waals surface area contributed by atoms with Crippen molar-refractivity contribution in [3.63, 3.8) is 0 Å². The fourth-order valence-corrected chi connectivity index (χ4v) is 3.39. The molecule has 0 aliphatic carbocycles. The summed E-state index contributed by atoms with van der Waals surface area (Å²) in [6.45, 7) is 4.48. The maximum atomic E-state index is 13.0. The van der Waals surface area contributed by atoms with Gasteiger partial charge in [0.25, 0.3) is 5.91 Å². The van der Waals surface area contributed by atoms with Crippen LogP contribution in [-0.4, -0.2) is 63.8 Å². The number of anilines is 1. The Kier molecular flexibility index (Phi) is 6.59. The molecule has 0 unspecified atom stereocenters. The summed E-state index contributed by atoms with van der Waals surface area (Å²) in [6.07, 6.45) is 0. The highest BCUT2D eigenvalue weighted by atomic mass is 16.5. The molecule has 3 rings (SSSR count). The number of hydrogen-bond donors (Lipinski definition) is 0. The van der Waals surface area contributed by atoms with Gasteiger partial charge in [0.05, 0.1) is 32.1 Å². The van der Waals surface area contributed by atoms with E-state index >= 15 is 0 Å². The van der Waals surface area contributed by atoms with Crippen molar-refractivity contribution in [3.8, 4) is 11.5 Å². The Bertz CT molecular complexity index is 853. The molecule has 7 nitrogen and oxygen atoms in total. The molecule has 154 valence electrons. The van der Waals surface area contributed by atoms with Crippen LogP contribution in [0.5, 0.6) is 11.5 Å². The standard InChI is InChI=1S/C22H26N2O5/c1-4-29-22(26)19-7-5-6-8-20(19)23-9-11-24(12-10-23)21(25)16-13-17(27-2)15-18(14-16)28-3/h5-8,13-15H,4,9-12H2,1-3H3. The third kappa shape index (κ3) is 4.62. The van der Waals surface area contributed by atoms with Gasteiger partial charge >= 0.3 is 5.97 Å². The molecule has 1 aliphatic heterocycles. The first-order valence-corrected chi connectivity index (χ1v) is 9.60. The predicted octanol–water partition coefficient (Wildman–Crippen LogP) is 2.84. The molecule has 1 aliphatic rings. The van der Waals surface area contributed by atoms with Crippen molar-refractivity contribution in [3.05, 3.63) is 53.6 Å². The zero-order valence-corrected chi connectivity index (χ0v) is 17.0. The Morgan fingerprint density at radius 1 is 0.931 bits per heavy atom. The zero-order valence-electron chi connectivity index (χ0n) is 17.0. The van der Waals surface area contributed by atoms with Crippen molar-refractivity contribution < 1.29 is 23.8 Å². The van der Waals surface area contributed by atoms with E-state index in [0.29, 0.717) is 55.4 Å². The summed E-state index contributed by atoms with van der Waals surface area (Å²) in [6, 6.07) is 12.6. The zero-order chi connectivity index (χ0) is 20.8. The van der Waals surface area contributed by atoms with Crippen LogP contribution in [0.1, 0.15) is 27.6 Å². The van der Waals surface area contributed by atoms with Crippen LogP contribution in [-0.2, 0) is 4.74 Å². The minimum atomic E-state index is -0.329. The number of para-hydroxylation sites is 1. The Morgan fingerprint density at radius 3 is 2.14 bits per heavy atom. The first-order chi connectivity index (χ1) is 14.1. The molecular weight excluding hydrogens is 372 g/mol. The summed E-state index contributed by atoms with van der Waals surface area (Å²) < 4.78 is 15.7. The SMILES string of the molecule is CCOC(=O)c1ccccc1N1CCN(C(=O)c2cc(OC)cc(OC)c2)CC1. The molecule has 0 spiro atoms. The first-order valence-electron chi connectivity index (χ1n) is 9.60. The molecule has 0 aromatic heterocycles. The van der Waals surface area contributed by atoms with Crippen LogP contribution in [0.2, 0.25) is 0 Å². The van der Waals surface area contributed by atoms with Crippen molar-refractivity contribution in [2.24, 2.45) is 0 Å². The molecule has 0 saturated carbocycles. The van der Waals surface area contributed by atoms with E-state index in [9.17, 15) is 9.59 Å². The highest BCUT2D eigenvalue weighted by molar-refractivity contribution is 5.97. The van der Waals surface area contributed by atoms with Crippen LogP contribution in [0, 0.1) is 0 Å². The molecule has 2 aromatic carbocycles. The van der Waals surface area contributed by atoms with Gasteiger partial charge in [-0.25, -0.2) is 4.79 Å². The van der Waals surface area contributed by atoms with Gasteiger partial charge in [0.1, 0.15) is 11.5 Å². The average Bonchev–Trinajstić information content (AvgIpc) is 2.78. The summed E-state index contributed by atoms with van der Waals surface area (Å²) in [4.78, 5) is 29.1. The summed E-state index contributed by atoms with van der Waals surface area (Å²) in [5, 5.41) is 0. The monoisotopic (exact) mass is 398 g/mol. The maximum absolute atomic E-state index is 13.0. The van der Waals surface area contributed by atoms with E-state index in [2.05, 4.69) is 4.90 Å². The third-order valence-corrected chi connectivity index (χ3v) is 4.91. The van der Waals surface area contributed by atoms with Crippen LogP contribution in [0.4, 0.5) is 5.69 Å². The second kappa shape index (κ2) is 9.32. The van der Waals surface area contributed by atoms with Crippen molar-refractivity contribution in [1.82, 2.24) is 4.90 Å². The molecule has 0 atom stereocenters. The lowest BCUT2D eigenvalue weighted by molar-refractivity contribution is 0.0526. The van der Waals surface area contributed by atoms with Gasteiger partial charge in [-0.05, 0) is 31.2 Å². The van der Waals surface area contributed by atoms with Crippen LogP contribution >= 0.6 is 0 Å². The van der Waals surface area contributed by atoms with E-state index < -0.39 is 0 Å². The van der Waals surface area contributed by atoms with Crippen LogP contribution in [0.3, 0.4) is 0 Å². The first kappa shape index (κ1) is 20.5. The lowest BCUT2D eigenvalue weighted by Gasteiger charge is -2.36. The predicted molar refractivity (Wildman–Crippen MR) is 110 cm³/mol. The van der Waals surface area contributed by atoms with Gasteiger partial charge < -0.3 is 24.0 Å². The lowest BCUT2D eigenvalue weighted by Crippen LogP contribution is -2.49. The topological polar surface area (TPSA) is 68.3 Å². The van der Waals surface area contributed by atoms with Gasteiger partial charge in [-0.1, -0.05) is 12.1 Å². The number of hydrogen-bond acceptors (Lipinski definition) is 6. The average molecular weight is 398 g/mol. The van der Waals surface area contributed by atoms with Crippen LogP contribution in [0.15, 0.2) is 42.5 Å². The second-order valence-electron chi connectivity index (χ2n) is 6.62. The molecule has 1 fully saturated rings. The van der Waals surface area contributed by atoms with Gasteiger partial charge in [-0.3, -0.25) is 4.79 Å².